The number of nitrogens with zero attached hydrogens (tertiary/aromatic N) is 1. The molecule has 0 saturated carbocycles. The van der Waals surface area contributed by atoms with Gasteiger partial charge >= 0.3 is 0 Å². The molecule has 1 aliphatic heterocycles. The van der Waals surface area contributed by atoms with Crippen LogP contribution in [0.3, 0.4) is 0 Å². The average Bonchev–Trinajstić information content (AvgIpc) is 3.24. The molecule has 1 aromatic heterocycles. The Kier molecular flexibility index (Phi) is 9.00. The first-order chi connectivity index (χ1) is 15.5. The molecule has 2 heterocycles. The van der Waals surface area contributed by atoms with Crippen molar-refractivity contribution in [1.29, 1.82) is 0 Å². The fourth-order valence-electron chi connectivity index (χ4n) is 3.94. The normalized spacial score (nSPS) is 16.0. The Bertz CT molecular complexity index is 858. The van der Waals surface area contributed by atoms with Crippen LogP contribution in [0.25, 0.3) is 0 Å². The zero-order valence-corrected chi connectivity index (χ0v) is 19.7. The number of hydrogen-bond donors (Lipinski definition) is 1. The van der Waals surface area contributed by atoms with Crippen LogP contribution in [0.5, 0.6) is 11.5 Å². The quantitative estimate of drug-likeness (QED) is 0.528. The van der Waals surface area contributed by atoms with Gasteiger partial charge in [0.15, 0.2) is 0 Å². The molecule has 1 saturated heterocycles. The van der Waals surface area contributed by atoms with E-state index in [1.54, 1.807) is 32.4 Å². The fraction of sp³-hybridized carbons (Fsp3) is 0.560. The van der Waals surface area contributed by atoms with Gasteiger partial charge in [-0.1, -0.05) is 6.92 Å². The van der Waals surface area contributed by atoms with Gasteiger partial charge in [-0.25, -0.2) is 0 Å². The van der Waals surface area contributed by atoms with Crippen molar-refractivity contribution in [3.05, 3.63) is 47.4 Å². The molecule has 1 amide bonds. The van der Waals surface area contributed by atoms with Crippen LogP contribution < -0.4 is 14.8 Å². The maximum absolute atomic E-state index is 12.6. The lowest BCUT2D eigenvalue weighted by molar-refractivity contribution is 0.0888. The van der Waals surface area contributed by atoms with Crippen molar-refractivity contribution in [3.8, 4) is 11.5 Å². The van der Waals surface area contributed by atoms with Gasteiger partial charge in [-0.05, 0) is 57.0 Å². The Morgan fingerprint density at radius 1 is 1.22 bits per heavy atom. The second kappa shape index (κ2) is 11.9. The van der Waals surface area contributed by atoms with Gasteiger partial charge in [0.1, 0.15) is 29.1 Å². The van der Waals surface area contributed by atoms with E-state index < -0.39 is 0 Å². The predicted molar refractivity (Wildman–Crippen MR) is 124 cm³/mol. The summed E-state index contributed by atoms with van der Waals surface area (Å²) in [5.74, 6) is 3.52. The highest BCUT2D eigenvalue weighted by atomic mass is 16.5. The number of ether oxygens (including phenoxy) is 3. The number of furan rings is 1. The van der Waals surface area contributed by atoms with Crippen LogP contribution in [-0.4, -0.2) is 63.9 Å². The van der Waals surface area contributed by atoms with Gasteiger partial charge in [0, 0.05) is 38.7 Å². The molecule has 0 aliphatic carbocycles. The van der Waals surface area contributed by atoms with Crippen molar-refractivity contribution in [1.82, 2.24) is 10.2 Å². The molecule has 176 valence electrons. The number of carbonyl (C=O) groups excluding carboxylic acids is 1. The van der Waals surface area contributed by atoms with E-state index in [9.17, 15) is 4.79 Å². The smallest absolute Gasteiger partial charge is 0.255 e. The molecule has 2 aromatic rings. The second-order valence-electron chi connectivity index (χ2n) is 8.41. The largest absolute Gasteiger partial charge is 0.497 e. The van der Waals surface area contributed by atoms with Gasteiger partial charge in [0.25, 0.3) is 5.91 Å². The number of carbonyl (C=O) groups is 1. The average molecular weight is 445 g/mol. The number of likely N-dealkylation sites (tertiary alicyclic amines) is 1. The first-order valence-corrected chi connectivity index (χ1v) is 11.4. The zero-order valence-electron chi connectivity index (χ0n) is 19.7. The lowest BCUT2D eigenvalue weighted by Crippen LogP contribution is -2.39. The minimum absolute atomic E-state index is 0.0778. The molecule has 0 spiro atoms. The maximum atomic E-state index is 12.6. The SMILES string of the molecule is COCCNC(=O)c1ccc(OC)cc1OC1CCN(CCC(C)c2ccc(C)o2)CC1. The number of rotatable bonds is 11. The Balaban J connectivity index is 1.52. The van der Waals surface area contributed by atoms with E-state index in [1.807, 2.05) is 13.0 Å². The van der Waals surface area contributed by atoms with Crippen LogP contribution >= 0.6 is 0 Å². The molecule has 1 N–H and O–H groups in total. The summed E-state index contributed by atoms with van der Waals surface area (Å²) in [6.45, 7) is 8.12. The summed E-state index contributed by atoms with van der Waals surface area (Å²) in [4.78, 5) is 15.1. The van der Waals surface area contributed by atoms with Gasteiger partial charge in [-0.15, -0.1) is 0 Å². The van der Waals surface area contributed by atoms with Gasteiger partial charge < -0.3 is 28.8 Å². The number of methoxy groups -OCH3 is 2. The van der Waals surface area contributed by atoms with E-state index >= 15 is 0 Å². The van der Waals surface area contributed by atoms with Crippen molar-refractivity contribution in [3.63, 3.8) is 0 Å². The molecule has 3 rings (SSSR count). The van der Waals surface area contributed by atoms with Crippen LogP contribution in [0.4, 0.5) is 0 Å². The van der Waals surface area contributed by atoms with E-state index in [0.29, 0.717) is 36.1 Å². The molecule has 1 aliphatic rings. The van der Waals surface area contributed by atoms with Gasteiger partial charge in [0.05, 0.1) is 19.3 Å². The predicted octanol–water partition coefficient (Wildman–Crippen LogP) is 4.01. The third-order valence-electron chi connectivity index (χ3n) is 5.98. The van der Waals surface area contributed by atoms with E-state index in [4.69, 9.17) is 18.6 Å². The van der Waals surface area contributed by atoms with Crippen molar-refractivity contribution in [2.45, 2.75) is 45.1 Å². The Morgan fingerprint density at radius 2 is 2.00 bits per heavy atom. The topological polar surface area (TPSA) is 73.2 Å². The first kappa shape index (κ1) is 24.1. The Hall–Kier alpha value is -2.51. The summed E-state index contributed by atoms with van der Waals surface area (Å²) >= 11 is 0. The lowest BCUT2D eigenvalue weighted by Gasteiger charge is -2.33. The summed E-state index contributed by atoms with van der Waals surface area (Å²) in [5, 5.41) is 2.86. The summed E-state index contributed by atoms with van der Waals surface area (Å²) < 4.78 is 22.4. The highest BCUT2D eigenvalue weighted by molar-refractivity contribution is 5.97. The van der Waals surface area contributed by atoms with Crippen molar-refractivity contribution in [2.24, 2.45) is 0 Å². The monoisotopic (exact) mass is 444 g/mol. The third kappa shape index (κ3) is 6.74. The summed E-state index contributed by atoms with van der Waals surface area (Å²) in [6.07, 6.45) is 3.00. The number of aryl methyl sites for hydroxylation is 1. The van der Waals surface area contributed by atoms with Crippen molar-refractivity contribution >= 4 is 5.91 Å². The first-order valence-electron chi connectivity index (χ1n) is 11.4. The molecular weight excluding hydrogens is 408 g/mol. The summed E-state index contributed by atoms with van der Waals surface area (Å²) in [5.41, 5.74) is 0.520. The van der Waals surface area contributed by atoms with Crippen molar-refractivity contribution in [2.75, 3.05) is 47.0 Å². The van der Waals surface area contributed by atoms with Crippen molar-refractivity contribution < 1.29 is 23.4 Å². The second-order valence-corrected chi connectivity index (χ2v) is 8.41. The standard InChI is InChI=1S/C25H36N2O5/c1-18(23-8-5-19(2)31-23)9-13-27-14-10-20(11-15-27)32-24-17-21(30-4)6-7-22(24)25(28)26-12-16-29-3/h5-8,17-18,20H,9-16H2,1-4H3,(H,26,28). The molecule has 1 atom stereocenters. The number of piperidine rings is 1. The van der Waals surface area contributed by atoms with Crippen LogP contribution in [0, 0.1) is 6.92 Å². The highest BCUT2D eigenvalue weighted by Gasteiger charge is 2.23. The van der Waals surface area contributed by atoms with Crippen LogP contribution in [0.15, 0.2) is 34.7 Å². The Morgan fingerprint density at radius 3 is 2.66 bits per heavy atom. The molecule has 32 heavy (non-hydrogen) atoms. The van der Waals surface area contributed by atoms with Crippen LogP contribution in [0.1, 0.15) is 54.0 Å². The number of benzene rings is 1. The number of amides is 1. The molecule has 7 nitrogen and oxygen atoms in total. The zero-order chi connectivity index (χ0) is 22.9. The summed E-state index contributed by atoms with van der Waals surface area (Å²) in [7, 11) is 3.22. The molecule has 1 unspecified atom stereocenters. The van der Waals surface area contributed by atoms with E-state index in [2.05, 4.69) is 23.2 Å². The fourth-order valence-corrected chi connectivity index (χ4v) is 3.94. The Labute approximate surface area is 191 Å². The number of nitrogens with one attached hydrogen (secondary N) is 1. The van der Waals surface area contributed by atoms with E-state index in [1.165, 1.54) is 0 Å². The molecular formula is C25H36N2O5. The maximum Gasteiger partial charge on any atom is 0.255 e. The molecule has 0 radical (unpaired) electrons. The summed E-state index contributed by atoms with van der Waals surface area (Å²) in [6, 6.07) is 9.44. The lowest BCUT2D eigenvalue weighted by atomic mass is 10.0. The molecule has 1 aromatic carbocycles. The highest BCUT2D eigenvalue weighted by Crippen LogP contribution is 2.28. The minimum atomic E-state index is -0.167. The van der Waals surface area contributed by atoms with Crippen LogP contribution in [0.2, 0.25) is 0 Å². The van der Waals surface area contributed by atoms with Gasteiger partial charge in [-0.2, -0.15) is 0 Å². The third-order valence-corrected chi connectivity index (χ3v) is 5.98. The van der Waals surface area contributed by atoms with E-state index in [0.717, 1.165) is 50.4 Å². The number of hydrogen-bond acceptors (Lipinski definition) is 6. The van der Waals surface area contributed by atoms with E-state index in [-0.39, 0.29) is 12.0 Å². The molecule has 1 fully saturated rings. The minimum Gasteiger partial charge on any atom is -0.497 e. The molecule has 0 bridgehead atoms. The van der Waals surface area contributed by atoms with Crippen LogP contribution in [-0.2, 0) is 4.74 Å². The van der Waals surface area contributed by atoms with Gasteiger partial charge in [0.2, 0.25) is 0 Å². The van der Waals surface area contributed by atoms with Gasteiger partial charge in [-0.3, -0.25) is 4.79 Å². The molecule has 7 heteroatoms.